The van der Waals surface area contributed by atoms with Crippen molar-refractivity contribution in [1.82, 2.24) is 0 Å². The van der Waals surface area contributed by atoms with Gasteiger partial charge in [0.2, 0.25) is 0 Å². The number of benzene rings is 1. The Balaban J connectivity index is 2.12. The molecule has 0 saturated heterocycles. The molecular formula is C12H13ClO2. The molecule has 1 fully saturated rings. The molecule has 0 N–H and O–H groups in total. The SMILES string of the molecule is Cc1cc(OC2CC(=O)C2)cc(C)c1Cl. The minimum absolute atomic E-state index is 0.0671. The van der Waals surface area contributed by atoms with E-state index in [4.69, 9.17) is 16.3 Å². The number of ketones is 1. The van der Waals surface area contributed by atoms with Gasteiger partial charge in [-0.15, -0.1) is 0 Å². The number of carbonyl (C=O) groups is 1. The van der Waals surface area contributed by atoms with Gasteiger partial charge in [-0.1, -0.05) is 11.6 Å². The van der Waals surface area contributed by atoms with E-state index in [1.807, 2.05) is 26.0 Å². The maximum absolute atomic E-state index is 10.8. The summed E-state index contributed by atoms with van der Waals surface area (Å²) in [6, 6.07) is 3.83. The van der Waals surface area contributed by atoms with Crippen molar-refractivity contribution in [2.24, 2.45) is 0 Å². The van der Waals surface area contributed by atoms with Crippen LogP contribution in [0.15, 0.2) is 12.1 Å². The summed E-state index contributed by atoms with van der Waals surface area (Å²) in [6.07, 6.45) is 1.15. The summed E-state index contributed by atoms with van der Waals surface area (Å²) < 4.78 is 5.66. The normalized spacial score (nSPS) is 16.3. The molecule has 1 aromatic rings. The van der Waals surface area contributed by atoms with Crippen LogP contribution < -0.4 is 4.74 Å². The third-order valence-electron chi connectivity index (χ3n) is 2.62. The molecule has 0 radical (unpaired) electrons. The van der Waals surface area contributed by atoms with Crippen LogP contribution in [0.1, 0.15) is 24.0 Å². The molecule has 0 unspecified atom stereocenters. The number of hydrogen-bond donors (Lipinski definition) is 0. The molecule has 1 saturated carbocycles. The molecule has 0 atom stereocenters. The molecule has 0 aromatic heterocycles. The van der Waals surface area contributed by atoms with Gasteiger partial charge in [0.05, 0.1) is 0 Å². The zero-order valence-corrected chi connectivity index (χ0v) is 9.60. The van der Waals surface area contributed by atoms with Crippen LogP contribution in [0, 0.1) is 13.8 Å². The first-order valence-corrected chi connectivity index (χ1v) is 5.39. The van der Waals surface area contributed by atoms with Crippen LogP contribution in [-0.4, -0.2) is 11.9 Å². The van der Waals surface area contributed by atoms with Gasteiger partial charge >= 0.3 is 0 Å². The lowest BCUT2D eigenvalue weighted by atomic mass is 9.94. The summed E-state index contributed by atoms with van der Waals surface area (Å²) >= 11 is 6.05. The summed E-state index contributed by atoms with van der Waals surface area (Å²) in [6.45, 7) is 3.90. The van der Waals surface area contributed by atoms with Gasteiger partial charge in [-0.3, -0.25) is 4.79 Å². The van der Waals surface area contributed by atoms with Crippen LogP contribution in [0.2, 0.25) is 5.02 Å². The molecule has 0 amide bonds. The van der Waals surface area contributed by atoms with Gasteiger partial charge in [-0.05, 0) is 37.1 Å². The van der Waals surface area contributed by atoms with Crippen molar-refractivity contribution in [2.75, 3.05) is 0 Å². The Hall–Kier alpha value is -1.02. The number of carbonyl (C=O) groups excluding carboxylic acids is 1. The largest absolute Gasteiger partial charge is 0.489 e. The zero-order chi connectivity index (χ0) is 11.0. The van der Waals surface area contributed by atoms with Gasteiger partial charge in [0.25, 0.3) is 0 Å². The maximum Gasteiger partial charge on any atom is 0.140 e. The smallest absolute Gasteiger partial charge is 0.140 e. The Morgan fingerprint density at radius 3 is 2.27 bits per heavy atom. The number of hydrogen-bond acceptors (Lipinski definition) is 2. The van der Waals surface area contributed by atoms with Crippen molar-refractivity contribution in [3.63, 3.8) is 0 Å². The lowest BCUT2D eigenvalue weighted by Crippen LogP contribution is -2.33. The van der Waals surface area contributed by atoms with Crippen molar-refractivity contribution >= 4 is 17.4 Å². The fourth-order valence-corrected chi connectivity index (χ4v) is 1.81. The molecule has 0 spiro atoms. The first-order valence-electron chi connectivity index (χ1n) is 5.01. The van der Waals surface area contributed by atoms with Gasteiger partial charge in [0, 0.05) is 17.9 Å². The average Bonchev–Trinajstić information content (AvgIpc) is 2.11. The van der Waals surface area contributed by atoms with Crippen LogP contribution >= 0.6 is 11.6 Å². The fourth-order valence-electron chi connectivity index (χ4n) is 1.70. The van der Waals surface area contributed by atoms with E-state index in [9.17, 15) is 4.79 Å². The summed E-state index contributed by atoms with van der Waals surface area (Å²) in [5.74, 6) is 1.09. The van der Waals surface area contributed by atoms with Crippen molar-refractivity contribution in [3.8, 4) is 5.75 Å². The Labute approximate surface area is 94.2 Å². The van der Waals surface area contributed by atoms with E-state index in [2.05, 4.69) is 0 Å². The minimum Gasteiger partial charge on any atom is -0.489 e. The molecule has 0 bridgehead atoms. The van der Waals surface area contributed by atoms with E-state index in [-0.39, 0.29) is 11.9 Å². The van der Waals surface area contributed by atoms with E-state index >= 15 is 0 Å². The van der Waals surface area contributed by atoms with Gasteiger partial charge in [0.1, 0.15) is 17.6 Å². The maximum atomic E-state index is 10.8. The van der Waals surface area contributed by atoms with Crippen LogP contribution in [0.5, 0.6) is 5.75 Å². The quantitative estimate of drug-likeness (QED) is 0.772. The second-order valence-electron chi connectivity index (χ2n) is 4.06. The molecule has 15 heavy (non-hydrogen) atoms. The number of halogens is 1. The third-order valence-corrected chi connectivity index (χ3v) is 3.22. The molecule has 0 aliphatic heterocycles. The topological polar surface area (TPSA) is 26.3 Å². The molecule has 3 heteroatoms. The average molecular weight is 225 g/mol. The highest BCUT2D eigenvalue weighted by Gasteiger charge is 2.28. The molecule has 0 heterocycles. The van der Waals surface area contributed by atoms with Gasteiger partial charge in [0.15, 0.2) is 0 Å². The van der Waals surface area contributed by atoms with E-state index < -0.39 is 0 Å². The van der Waals surface area contributed by atoms with Crippen LogP contribution in [0.4, 0.5) is 0 Å². The van der Waals surface area contributed by atoms with Gasteiger partial charge in [-0.2, -0.15) is 0 Å². The lowest BCUT2D eigenvalue weighted by Gasteiger charge is -2.25. The standard InChI is InChI=1S/C12H13ClO2/c1-7-3-10(4-8(2)12(7)13)15-11-5-9(14)6-11/h3-4,11H,5-6H2,1-2H3. The van der Waals surface area contributed by atoms with Gasteiger partial charge < -0.3 is 4.74 Å². The van der Waals surface area contributed by atoms with E-state index in [1.165, 1.54) is 0 Å². The summed E-state index contributed by atoms with van der Waals surface area (Å²) in [5.41, 5.74) is 2.02. The molecule has 1 aliphatic carbocycles. The van der Waals surface area contributed by atoms with Gasteiger partial charge in [-0.25, -0.2) is 0 Å². The van der Waals surface area contributed by atoms with Crippen LogP contribution in [-0.2, 0) is 4.79 Å². The van der Waals surface area contributed by atoms with E-state index in [0.29, 0.717) is 12.8 Å². The Kier molecular flexibility index (Phi) is 2.70. The molecule has 1 aromatic carbocycles. The highest BCUT2D eigenvalue weighted by Crippen LogP contribution is 2.29. The Bertz CT molecular complexity index is 381. The third kappa shape index (κ3) is 2.15. The Morgan fingerprint density at radius 2 is 1.80 bits per heavy atom. The predicted molar refractivity (Wildman–Crippen MR) is 59.6 cm³/mol. The number of Topliss-reactive ketones (excluding diaryl/α,β-unsaturated/α-hetero) is 1. The molecule has 2 rings (SSSR count). The summed E-state index contributed by atoms with van der Waals surface area (Å²) in [7, 11) is 0. The minimum atomic E-state index is 0.0671. The Morgan fingerprint density at radius 1 is 1.27 bits per heavy atom. The molecule has 2 nitrogen and oxygen atoms in total. The van der Waals surface area contributed by atoms with E-state index in [1.54, 1.807) is 0 Å². The highest BCUT2D eigenvalue weighted by molar-refractivity contribution is 6.32. The van der Waals surface area contributed by atoms with Crippen molar-refractivity contribution < 1.29 is 9.53 Å². The second-order valence-corrected chi connectivity index (χ2v) is 4.44. The molecular weight excluding hydrogens is 212 g/mol. The molecule has 1 aliphatic rings. The highest BCUT2D eigenvalue weighted by atomic mass is 35.5. The monoisotopic (exact) mass is 224 g/mol. The van der Waals surface area contributed by atoms with E-state index in [0.717, 1.165) is 21.9 Å². The van der Waals surface area contributed by atoms with Crippen LogP contribution in [0.3, 0.4) is 0 Å². The number of rotatable bonds is 2. The first kappa shape index (κ1) is 10.5. The summed E-state index contributed by atoms with van der Waals surface area (Å²) in [5, 5.41) is 0.784. The second kappa shape index (κ2) is 3.86. The number of aryl methyl sites for hydroxylation is 2. The first-order chi connectivity index (χ1) is 7.06. The molecule has 80 valence electrons. The predicted octanol–water partition coefficient (Wildman–Crippen LogP) is 3.07. The van der Waals surface area contributed by atoms with Crippen molar-refractivity contribution in [1.29, 1.82) is 0 Å². The van der Waals surface area contributed by atoms with Crippen LogP contribution in [0.25, 0.3) is 0 Å². The summed E-state index contributed by atoms with van der Waals surface area (Å²) in [4.78, 5) is 10.8. The zero-order valence-electron chi connectivity index (χ0n) is 8.84. The van der Waals surface area contributed by atoms with Crippen molar-refractivity contribution in [2.45, 2.75) is 32.8 Å². The van der Waals surface area contributed by atoms with Crippen molar-refractivity contribution in [3.05, 3.63) is 28.3 Å². The lowest BCUT2D eigenvalue weighted by molar-refractivity contribution is -0.129. The fraction of sp³-hybridized carbons (Fsp3) is 0.417. The number of ether oxygens (including phenoxy) is 1.